The second-order valence-electron chi connectivity index (χ2n) is 9.52. The quantitative estimate of drug-likeness (QED) is 0.204. The number of Topliss-reactive ketones (excluding diaryl/α,β-unsaturated/α-hetero) is 4. The number of ketones is 4. The second-order valence-corrected chi connectivity index (χ2v) is 12.1. The Bertz CT molecular complexity index is 806. The number of thioether (sulfide) groups is 2. The number of nitrogens with one attached hydrogen (secondary N) is 2. The number of ether oxygens (including phenoxy) is 1. The van der Waals surface area contributed by atoms with Crippen molar-refractivity contribution in [3.05, 3.63) is 0 Å². The summed E-state index contributed by atoms with van der Waals surface area (Å²) in [6, 6.07) is 0. The van der Waals surface area contributed by atoms with Crippen LogP contribution in [-0.2, 0) is 33.5 Å². The Kier molecular flexibility index (Phi) is 16.7. The molecule has 0 heterocycles. The van der Waals surface area contributed by atoms with Crippen molar-refractivity contribution in [3.8, 4) is 0 Å². The molecule has 11 heteroatoms. The van der Waals surface area contributed by atoms with Crippen LogP contribution in [0.15, 0.2) is 0 Å². The molecule has 2 N–H and O–H groups in total. The minimum Gasteiger partial charge on any atom is -0.381 e. The van der Waals surface area contributed by atoms with Crippen LogP contribution in [0.4, 0.5) is 0 Å². The fraction of sp³-hybridized carbons (Fsp3) is 0.769. The highest BCUT2D eigenvalue weighted by Gasteiger charge is 2.34. The first-order chi connectivity index (χ1) is 17.5. The lowest BCUT2D eigenvalue weighted by Gasteiger charge is -2.37. The fourth-order valence-electron chi connectivity index (χ4n) is 3.50. The number of hydrogen-bond donors (Lipinski definition) is 2. The van der Waals surface area contributed by atoms with Gasteiger partial charge in [-0.1, -0.05) is 6.92 Å². The van der Waals surface area contributed by atoms with E-state index in [4.69, 9.17) is 4.74 Å². The van der Waals surface area contributed by atoms with Gasteiger partial charge in [-0.2, -0.15) is 23.5 Å². The summed E-state index contributed by atoms with van der Waals surface area (Å²) in [6.07, 6.45) is 3.29. The zero-order chi connectivity index (χ0) is 27.8. The lowest BCUT2D eigenvalue weighted by atomic mass is 9.99. The standard InChI is InChI=1S/C26H42N2O7S2/c1-5-20(25(33)27-13-18(3)30)15-36-23-6-7-24(23)37-16-21(26(34)28-14-19(4)31)12-22(32)9-11-35-10-8-17(2)29/h20-21,23-24H,5-16H2,1-4H3,(H,27,33)(H,28,34). The topological polar surface area (TPSA) is 136 Å². The molecule has 1 saturated carbocycles. The number of carbonyl (C=O) groups excluding carboxylic acids is 6. The maximum Gasteiger partial charge on any atom is 0.224 e. The van der Waals surface area contributed by atoms with Gasteiger partial charge >= 0.3 is 0 Å². The predicted molar refractivity (Wildman–Crippen MR) is 147 cm³/mol. The SMILES string of the molecule is CCC(CSC1CCC1SCC(CC(=O)CCOCCC(C)=O)C(=O)NCC(C)=O)C(=O)NCC(C)=O. The molecule has 37 heavy (non-hydrogen) atoms. The molecule has 1 aliphatic carbocycles. The van der Waals surface area contributed by atoms with Crippen molar-refractivity contribution in [1.29, 1.82) is 0 Å². The van der Waals surface area contributed by atoms with E-state index in [1.165, 1.54) is 20.8 Å². The van der Waals surface area contributed by atoms with Crippen LogP contribution in [0.25, 0.3) is 0 Å². The van der Waals surface area contributed by atoms with Crippen LogP contribution in [0.5, 0.6) is 0 Å². The zero-order valence-electron chi connectivity index (χ0n) is 22.5. The Morgan fingerprint density at radius 3 is 1.70 bits per heavy atom. The van der Waals surface area contributed by atoms with E-state index in [0.717, 1.165) is 12.8 Å². The van der Waals surface area contributed by atoms with Crippen LogP contribution in [0.1, 0.15) is 66.2 Å². The van der Waals surface area contributed by atoms with Gasteiger partial charge in [-0.3, -0.25) is 28.8 Å². The minimum absolute atomic E-state index is 0.0273. The Balaban J connectivity index is 2.55. The number of amides is 2. The lowest BCUT2D eigenvalue weighted by molar-refractivity contribution is -0.130. The average Bonchev–Trinajstić information content (AvgIpc) is 2.81. The summed E-state index contributed by atoms with van der Waals surface area (Å²) in [7, 11) is 0. The Hall–Kier alpha value is -1.72. The zero-order valence-corrected chi connectivity index (χ0v) is 24.1. The highest BCUT2D eigenvalue weighted by Crippen LogP contribution is 2.41. The molecule has 0 bridgehead atoms. The molecule has 0 aromatic heterocycles. The molecule has 9 nitrogen and oxygen atoms in total. The third-order valence-corrected chi connectivity index (χ3v) is 9.38. The highest BCUT2D eigenvalue weighted by atomic mass is 32.2. The van der Waals surface area contributed by atoms with Gasteiger partial charge in [0.15, 0.2) is 0 Å². The average molecular weight is 559 g/mol. The van der Waals surface area contributed by atoms with Gasteiger partial charge in [0, 0.05) is 47.2 Å². The molecule has 2 amide bonds. The first kappa shape index (κ1) is 33.3. The van der Waals surface area contributed by atoms with Crippen molar-refractivity contribution in [2.24, 2.45) is 11.8 Å². The van der Waals surface area contributed by atoms with E-state index in [9.17, 15) is 28.8 Å². The van der Waals surface area contributed by atoms with E-state index in [-0.39, 0.29) is 80.0 Å². The lowest BCUT2D eigenvalue weighted by Crippen LogP contribution is -2.39. The van der Waals surface area contributed by atoms with E-state index in [1.807, 2.05) is 6.92 Å². The van der Waals surface area contributed by atoms with Gasteiger partial charge in [-0.25, -0.2) is 0 Å². The molecule has 0 radical (unpaired) electrons. The molecule has 210 valence electrons. The van der Waals surface area contributed by atoms with Crippen molar-refractivity contribution in [3.63, 3.8) is 0 Å². The van der Waals surface area contributed by atoms with Gasteiger partial charge in [0.2, 0.25) is 11.8 Å². The van der Waals surface area contributed by atoms with Crippen molar-refractivity contribution in [1.82, 2.24) is 10.6 Å². The molecular weight excluding hydrogens is 516 g/mol. The van der Waals surface area contributed by atoms with Crippen LogP contribution in [-0.4, -0.2) is 83.3 Å². The molecule has 0 aromatic rings. The molecule has 0 spiro atoms. The third kappa shape index (κ3) is 14.7. The van der Waals surface area contributed by atoms with Crippen LogP contribution < -0.4 is 10.6 Å². The summed E-state index contributed by atoms with van der Waals surface area (Å²) in [4.78, 5) is 70.9. The van der Waals surface area contributed by atoms with Gasteiger partial charge in [0.1, 0.15) is 23.1 Å². The number of carbonyl (C=O) groups is 6. The van der Waals surface area contributed by atoms with Crippen molar-refractivity contribution in [2.45, 2.75) is 76.7 Å². The third-order valence-electron chi connectivity index (χ3n) is 6.03. The molecule has 1 rings (SSSR count). The maximum absolute atomic E-state index is 12.7. The first-order valence-electron chi connectivity index (χ1n) is 12.9. The van der Waals surface area contributed by atoms with E-state index >= 15 is 0 Å². The first-order valence-corrected chi connectivity index (χ1v) is 15.0. The van der Waals surface area contributed by atoms with Gasteiger partial charge in [0.25, 0.3) is 0 Å². The Morgan fingerprint density at radius 2 is 1.24 bits per heavy atom. The van der Waals surface area contributed by atoms with Crippen LogP contribution in [0.2, 0.25) is 0 Å². The summed E-state index contributed by atoms with van der Waals surface area (Å²) >= 11 is 3.42. The predicted octanol–water partition coefficient (Wildman–Crippen LogP) is 2.38. The molecule has 1 fully saturated rings. The summed E-state index contributed by atoms with van der Waals surface area (Å²) in [5, 5.41) is 6.02. The minimum atomic E-state index is -0.541. The fourth-order valence-corrected chi connectivity index (χ4v) is 6.89. The van der Waals surface area contributed by atoms with Gasteiger partial charge < -0.3 is 15.4 Å². The summed E-state index contributed by atoms with van der Waals surface area (Å²) in [5.41, 5.74) is 0. The van der Waals surface area contributed by atoms with Crippen molar-refractivity contribution in [2.75, 3.05) is 37.8 Å². The maximum atomic E-state index is 12.7. The van der Waals surface area contributed by atoms with Crippen LogP contribution in [0.3, 0.4) is 0 Å². The molecular formula is C26H42N2O7S2. The van der Waals surface area contributed by atoms with E-state index in [0.29, 0.717) is 34.8 Å². The molecule has 4 unspecified atom stereocenters. The van der Waals surface area contributed by atoms with Crippen LogP contribution >= 0.6 is 23.5 Å². The van der Waals surface area contributed by atoms with Crippen LogP contribution in [0, 0.1) is 11.8 Å². The normalized spacial score (nSPS) is 18.3. The van der Waals surface area contributed by atoms with E-state index in [1.54, 1.807) is 23.5 Å². The monoisotopic (exact) mass is 558 g/mol. The van der Waals surface area contributed by atoms with Gasteiger partial charge in [-0.15, -0.1) is 0 Å². The summed E-state index contributed by atoms with van der Waals surface area (Å²) in [6.45, 7) is 6.76. The van der Waals surface area contributed by atoms with E-state index in [2.05, 4.69) is 10.6 Å². The highest BCUT2D eigenvalue weighted by molar-refractivity contribution is 8.04. The van der Waals surface area contributed by atoms with Gasteiger partial charge in [0.05, 0.1) is 32.2 Å². The summed E-state index contributed by atoms with van der Waals surface area (Å²) in [5.74, 6) is -0.245. The molecule has 0 aliphatic heterocycles. The molecule has 0 aromatic carbocycles. The molecule has 4 atom stereocenters. The summed E-state index contributed by atoms with van der Waals surface area (Å²) < 4.78 is 5.33. The Labute approximate surface area is 228 Å². The number of hydrogen-bond acceptors (Lipinski definition) is 9. The van der Waals surface area contributed by atoms with Crippen molar-refractivity contribution < 1.29 is 33.5 Å². The largest absolute Gasteiger partial charge is 0.381 e. The molecule has 1 aliphatic rings. The smallest absolute Gasteiger partial charge is 0.224 e. The molecule has 0 saturated heterocycles. The Morgan fingerprint density at radius 1 is 0.757 bits per heavy atom. The van der Waals surface area contributed by atoms with Crippen molar-refractivity contribution >= 4 is 58.5 Å². The second kappa shape index (κ2) is 18.5. The number of rotatable bonds is 21. The van der Waals surface area contributed by atoms with Gasteiger partial charge in [-0.05, 0) is 40.0 Å². The van der Waals surface area contributed by atoms with E-state index < -0.39 is 5.92 Å².